The normalized spacial score (nSPS) is 15.2. The summed E-state index contributed by atoms with van der Waals surface area (Å²) in [6, 6.07) is 16.4. The number of halogens is 1. The lowest BCUT2D eigenvalue weighted by molar-refractivity contribution is -0.121. The highest BCUT2D eigenvalue weighted by Gasteiger charge is 2.47. The lowest BCUT2D eigenvalue weighted by atomic mass is 9.96. The molecule has 2 fully saturated rings. The number of aromatic nitrogens is 1. The van der Waals surface area contributed by atoms with Gasteiger partial charge < -0.3 is 19.7 Å². The number of ether oxygens (including phenoxy) is 2. The van der Waals surface area contributed by atoms with Crippen LogP contribution in [0.4, 0.5) is 0 Å². The molecule has 1 aromatic heterocycles. The van der Waals surface area contributed by atoms with Crippen LogP contribution in [0.1, 0.15) is 56.6 Å². The number of nitrogens with zero attached hydrogens (tertiary/aromatic N) is 2. The lowest BCUT2D eigenvalue weighted by Crippen LogP contribution is -2.33. The van der Waals surface area contributed by atoms with E-state index >= 15 is 0 Å². The van der Waals surface area contributed by atoms with E-state index in [0.29, 0.717) is 37.4 Å². The molecule has 0 unspecified atom stereocenters. The number of hydrogen-bond donors (Lipinski definition) is 1. The van der Waals surface area contributed by atoms with Gasteiger partial charge in [0, 0.05) is 60.0 Å². The summed E-state index contributed by atoms with van der Waals surface area (Å²) in [6.45, 7) is 3.58. The summed E-state index contributed by atoms with van der Waals surface area (Å²) in [5.41, 5.74) is 3.88. The summed E-state index contributed by atoms with van der Waals surface area (Å²) in [4.78, 5) is 29.6. The average Bonchev–Trinajstić information content (AvgIpc) is 3.94. The molecule has 2 saturated carbocycles. The van der Waals surface area contributed by atoms with Crippen LogP contribution in [-0.4, -0.2) is 53.7 Å². The van der Waals surface area contributed by atoms with Gasteiger partial charge in [0.15, 0.2) is 0 Å². The predicted octanol–water partition coefficient (Wildman–Crippen LogP) is 6.62. The maximum absolute atomic E-state index is 11.3. The van der Waals surface area contributed by atoms with E-state index in [1.165, 1.54) is 6.92 Å². The fraction of sp³-hybridized carbons (Fsp3) is 0.424. The van der Waals surface area contributed by atoms with Gasteiger partial charge in [-0.1, -0.05) is 29.8 Å². The minimum absolute atomic E-state index is 0.0841. The summed E-state index contributed by atoms with van der Waals surface area (Å²) in [6.07, 6.45) is 10.9. The van der Waals surface area contributed by atoms with Crippen LogP contribution in [0.15, 0.2) is 65.8 Å². The molecule has 0 aliphatic heterocycles. The zero-order valence-corrected chi connectivity index (χ0v) is 25.6. The van der Waals surface area contributed by atoms with Crippen molar-refractivity contribution in [1.82, 2.24) is 15.2 Å². The third-order valence-corrected chi connectivity index (χ3v) is 9.01. The predicted molar refractivity (Wildman–Crippen MR) is 167 cm³/mol. The molecule has 5 rings (SSSR count). The largest absolute Gasteiger partial charge is 0.490 e. The Morgan fingerprint density at radius 3 is 2.74 bits per heavy atom. The van der Waals surface area contributed by atoms with Crippen LogP contribution < -0.4 is 10.1 Å². The molecule has 1 N–H and O–H groups in total. The van der Waals surface area contributed by atoms with Crippen molar-refractivity contribution in [2.24, 2.45) is 0 Å². The number of para-hydroxylation sites is 1. The standard InChI is InChI=1S/C33H38ClN3O4S/c1-24(39)36-16-18-37(23-38)17-4-5-19-42-27-10-11-31(34)25(20-27)22-40-33(13-14-33)30-21-35-15-12-28(30)29-6-2-3-7-32(29)41-26-8-9-26/h2-3,6-7,10-12,15,20-21,23,26H,4-5,8-9,13-14,16-19,22H2,1H3,(H,36,39). The zero-order valence-electron chi connectivity index (χ0n) is 24.0. The van der Waals surface area contributed by atoms with Gasteiger partial charge >= 0.3 is 0 Å². The van der Waals surface area contributed by atoms with Crippen LogP contribution in [0, 0.1) is 0 Å². The second-order valence-corrected chi connectivity index (χ2v) is 12.5. The van der Waals surface area contributed by atoms with E-state index in [4.69, 9.17) is 21.1 Å². The van der Waals surface area contributed by atoms with E-state index in [9.17, 15) is 9.59 Å². The van der Waals surface area contributed by atoms with Gasteiger partial charge in [-0.2, -0.15) is 0 Å². The maximum Gasteiger partial charge on any atom is 0.216 e. The Morgan fingerprint density at radius 2 is 1.98 bits per heavy atom. The summed E-state index contributed by atoms with van der Waals surface area (Å²) in [7, 11) is 0. The van der Waals surface area contributed by atoms with E-state index in [2.05, 4.69) is 34.6 Å². The molecule has 9 heteroatoms. The highest BCUT2D eigenvalue weighted by atomic mass is 35.5. The Kier molecular flexibility index (Phi) is 10.4. The third-order valence-electron chi connectivity index (χ3n) is 7.56. The van der Waals surface area contributed by atoms with Crippen molar-refractivity contribution >= 4 is 35.7 Å². The molecule has 0 atom stereocenters. The number of rotatable bonds is 17. The molecule has 0 radical (unpaired) electrons. The minimum Gasteiger partial charge on any atom is -0.490 e. The molecular formula is C33H38ClN3O4S. The summed E-state index contributed by atoms with van der Waals surface area (Å²) < 4.78 is 12.9. The number of nitrogens with one attached hydrogen (secondary N) is 1. The topological polar surface area (TPSA) is 80.8 Å². The van der Waals surface area contributed by atoms with Crippen LogP contribution in [0.2, 0.25) is 5.02 Å². The molecule has 42 heavy (non-hydrogen) atoms. The first-order valence-electron chi connectivity index (χ1n) is 14.7. The zero-order chi connectivity index (χ0) is 29.4. The molecule has 2 aromatic carbocycles. The molecule has 0 spiro atoms. The van der Waals surface area contributed by atoms with Gasteiger partial charge in [-0.15, -0.1) is 11.8 Å². The Hall–Kier alpha value is -3.07. The SMILES string of the molecule is CC(=O)NCCN(C=O)CCCCSc1ccc(Cl)c(COC2(c3cnccc3-c3ccccc3OC3CC3)CC2)c1. The van der Waals surface area contributed by atoms with Crippen molar-refractivity contribution in [2.45, 2.75) is 68.7 Å². The van der Waals surface area contributed by atoms with Crippen molar-refractivity contribution in [3.63, 3.8) is 0 Å². The molecule has 222 valence electrons. The quantitative estimate of drug-likeness (QED) is 0.106. The number of carbonyl (C=O) groups excluding carboxylic acids is 2. The first kappa shape index (κ1) is 30.4. The average molecular weight is 608 g/mol. The van der Waals surface area contributed by atoms with Gasteiger partial charge in [0.1, 0.15) is 5.75 Å². The second-order valence-electron chi connectivity index (χ2n) is 11.0. The van der Waals surface area contributed by atoms with Crippen molar-refractivity contribution in [2.75, 3.05) is 25.4 Å². The molecule has 3 aromatic rings. The summed E-state index contributed by atoms with van der Waals surface area (Å²) in [5.74, 6) is 1.77. The first-order valence-corrected chi connectivity index (χ1v) is 16.0. The summed E-state index contributed by atoms with van der Waals surface area (Å²) in [5, 5.41) is 3.42. The number of benzene rings is 2. The van der Waals surface area contributed by atoms with Gasteiger partial charge in [0.2, 0.25) is 12.3 Å². The highest BCUT2D eigenvalue weighted by Crippen LogP contribution is 2.53. The third kappa shape index (κ3) is 8.27. The van der Waals surface area contributed by atoms with E-state index in [1.807, 2.05) is 36.7 Å². The molecule has 2 amide bonds. The highest BCUT2D eigenvalue weighted by molar-refractivity contribution is 7.99. The Balaban J connectivity index is 1.16. The molecule has 7 nitrogen and oxygen atoms in total. The molecule has 2 aliphatic rings. The Labute approximate surface area is 257 Å². The van der Waals surface area contributed by atoms with Crippen molar-refractivity contribution in [3.05, 3.63) is 77.1 Å². The molecule has 1 heterocycles. The van der Waals surface area contributed by atoms with Crippen molar-refractivity contribution in [1.29, 1.82) is 0 Å². The van der Waals surface area contributed by atoms with Gasteiger partial charge in [-0.25, -0.2) is 0 Å². The van der Waals surface area contributed by atoms with Crippen molar-refractivity contribution < 1.29 is 19.1 Å². The second kappa shape index (κ2) is 14.4. The monoisotopic (exact) mass is 607 g/mol. The van der Waals surface area contributed by atoms with Crippen LogP contribution in [-0.2, 0) is 26.5 Å². The van der Waals surface area contributed by atoms with Crippen LogP contribution in [0.5, 0.6) is 5.75 Å². The number of pyridine rings is 1. The van der Waals surface area contributed by atoms with Crippen LogP contribution in [0.25, 0.3) is 11.1 Å². The number of thioether (sulfide) groups is 1. The molecular weight excluding hydrogens is 570 g/mol. The fourth-order valence-electron chi connectivity index (χ4n) is 4.92. The lowest BCUT2D eigenvalue weighted by Gasteiger charge is -2.22. The first-order chi connectivity index (χ1) is 20.5. The fourth-order valence-corrected chi connectivity index (χ4v) is 6.07. The Morgan fingerprint density at radius 1 is 1.14 bits per heavy atom. The number of hydrogen-bond acceptors (Lipinski definition) is 6. The minimum atomic E-state index is -0.382. The van der Waals surface area contributed by atoms with Gasteiger partial charge in [0.05, 0.1) is 18.3 Å². The van der Waals surface area contributed by atoms with Crippen LogP contribution >= 0.6 is 23.4 Å². The number of unbranched alkanes of at least 4 members (excludes halogenated alkanes) is 1. The molecule has 2 aliphatic carbocycles. The molecule has 0 saturated heterocycles. The van der Waals surface area contributed by atoms with Gasteiger partial charge in [-0.05, 0) is 85.7 Å². The van der Waals surface area contributed by atoms with Crippen LogP contribution in [0.3, 0.4) is 0 Å². The van der Waals surface area contributed by atoms with E-state index < -0.39 is 0 Å². The number of amides is 2. The van der Waals surface area contributed by atoms with E-state index in [0.717, 1.165) is 83.6 Å². The molecule has 0 bridgehead atoms. The van der Waals surface area contributed by atoms with E-state index in [-0.39, 0.29) is 11.5 Å². The van der Waals surface area contributed by atoms with Gasteiger partial charge in [0.25, 0.3) is 0 Å². The Bertz CT molecular complexity index is 1380. The van der Waals surface area contributed by atoms with Crippen molar-refractivity contribution in [3.8, 4) is 16.9 Å². The number of carbonyl (C=O) groups is 2. The summed E-state index contributed by atoms with van der Waals surface area (Å²) >= 11 is 8.39. The van der Waals surface area contributed by atoms with E-state index in [1.54, 1.807) is 16.7 Å². The smallest absolute Gasteiger partial charge is 0.216 e. The maximum atomic E-state index is 11.3. The van der Waals surface area contributed by atoms with Gasteiger partial charge in [-0.3, -0.25) is 14.6 Å².